The van der Waals surface area contributed by atoms with Crippen LogP contribution in [0.1, 0.15) is 13.8 Å². The quantitative estimate of drug-likeness (QED) is 0.524. The summed E-state index contributed by atoms with van der Waals surface area (Å²) in [7, 11) is 0. The summed E-state index contributed by atoms with van der Waals surface area (Å²) in [6.07, 6.45) is -0.107. The zero-order valence-electron chi connectivity index (χ0n) is 15.8. The molecule has 0 aliphatic carbocycles. The molecule has 0 aromatic carbocycles. The van der Waals surface area contributed by atoms with E-state index >= 15 is 0 Å². The van der Waals surface area contributed by atoms with E-state index in [4.69, 9.17) is 15.2 Å². The smallest absolute Gasteiger partial charge is 0.353 e. The fourth-order valence-electron chi connectivity index (χ4n) is 3.44. The Morgan fingerprint density at radius 1 is 1.26 bits per heavy atom. The summed E-state index contributed by atoms with van der Waals surface area (Å²) in [4.78, 5) is 23.6. The number of anilines is 3. The van der Waals surface area contributed by atoms with Crippen LogP contribution in [0.4, 0.5) is 23.3 Å². The molecular weight excluding hydrogens is 354 g/mol. The molecule has 1 aromatic heterocycles. The summed E-state index contributed by atoms with van der Waals surface area (Å²) >= 11 is 0. The molecule has 0 spiro atoms. The molecule has 3 rings (SSSR count). The van der Waals surface area contributed by atoms with Crippen LogP contribution in [0.3, 0.4) is 0 Å². The van der Waals surface area contributed by atoms with Crippen LogP contribution in [-0.2, 0) is 9.47 Å². The predicted octanol–water partition coefficient (Wildman–Crippen LogP) is 0.325. The van der Waals surface area contributed by atoms with E-state index in [0.717, 1.165) is 32.8 Å². The van der Waals surface area contributed by atoms with Gasteiger partial charge >= 0.3 is 5.69 Å². The molecule has 0 bridgehead atoms. The second-order valence-corrected chi connectivity index (χ2v) is 6.90. The highest BCUT2D eigenvalue weighted by molar-refractivity contribution is 5.71. The van der Waals surface area contributed by atoms with Crippen LogP contribution in [0.25, 0.3) is 0 Å². The number of ether oxygens (including phenoxy) is 2. The minimum absolute atomic E-state index is 0.0535. The van der Waals surface area contributed by atoms with Crippen LogP contribution in [0.5, 0.6) is 0 Å². The van der Waals surface area contributed by atoms with E-state index in [1.165, 1.54) is 0 Å². The molecule has 2 fully saturated rings. The second-order valence-electron chi connectivity index (χ2n) is 6.90. The van der Waals surface area contributed by atoms with Crippen molar-refractivity contribution in [3.05, 3.63) is 10.1 Å². The zero-order valence-corrected chi connectivity index (χ0v) is 15.8. The Kier molecular flexibility index (Phi) is 6.24. The van der Waals surface area contributed by atoms with E-state index < -0.39 is 4.92 Å². The molecule has 3 heterocycles. The van der Waals surface area contributed by atoms with Gasteiger partial charge in [-0.25, -0.2) is 0 Å². The standard InChI is InChI=1S/C16H27N7O4/c1-11-9-22(10-12(2)27-11)15-13(23(24)25)14(17)19-16(20-15)18-3-4-21-5-7-26-8-6-21/h11-12H,3-10H2,1-2H3,(H3,17,18,19,20)/t11-,12-/m0/s1. The molecule has 2 aliphatic rings. The van der Waals surface area contributed by atoms with Gasteiger partial charge in [0.05, 0.1) is 30.3 Å². The Hall–Kier alpha value is -2.24. The average Bonchev–Trinajstić information content (AvgIpc) is 2.61. The van der Waals surface area contributed by atoms with E-state index in [1.807, 2.05) is 18.7 Å². The van der Waals surface area contributed by atoms with E-state index in [0.29, 0.717) is 25.6 Å². The van der Waals surface area contributed by atoms with Crippen molar-refractivity contribution < 1.29 is 14.4 Å². The van der Waals surface area contributed by atoms with Gasteiger partial charge in [0.15, 0.2) is 0 Å². The van der Waals surface area contributed by atoms with Crippen molar-refractivity contribution in [1.29, 1.82) is 0 Å². The Balaban J connectivity index is 1.75. The number of morpholine rings is 2. The van der Waals surface area contributed by atoms with Crippen molar-refractivity contribution in [2.24, 2.45) is 0 Å². The SMILES string of the molecule is C[C@H]1CN(c2nc(NCCN3CCOCC3)nc(N)c2[N+](=O)[O-])C[C@H](C)O1. The van der Waals surface area contributed by atoms with Crippen molar-refractivity contribution in [2.75, 3.05) is 68.4 Å². The van der Waals surface area contributed by atoms with E-state index in [-0.39, 0.29) is 29.5 Å². The third-order valence-corrected chi connectivity index (χ3v) is 4.61. The molecule has 2 aliphatic heterocycles. The molecule has 3 N–H and O–H groups in total. The largest absolute Gasteiger partial charge is 0.379 e. The van der Waals surface area contributed by atoms with E-state index in [9.17, 15) is 10.1 Å². The number of hydrogen-bond acceptors (Lipinski definition) is 10. The highest BCUT2D eigenvalue weighted by atomic mass is 16.6. The van der Waals surface area contributed by atoms with Crippen LogP contribution in [0.15, 0.2) is 0 Å². The molecule has 150 valence electrons. The Morgan fingerprint density at radius 3 is 2.56 bits per heavy atom. The number of aromatic nitrogens is 2. The monoisotopic (exact) mass is 381 g/mol. The minimum Gasteiger partial charge on any atom is -0.379 e. The normalized spacial score (nSPS) is 24.0. The minimum atomic E-state index is -0.521. The third-order valence-electron chi connectivity index (χ3n) is 4.61. The predicted molar refractivity (Wildman–Crippen MR) is 101 cm³/mol. The number of rotatable bonds is 6. The zero-order chi connectivity index (χ0) is 19.4. The van der Waals surface area contributed by atoms with Crippen molar-refractivity contribution in [1.82, 2.24) is 14.9 Å². The van der Waals surface area contributed by atoms with Gasteiger partial charge in [-0.05, 0) is 13.8 Å². The summed E-state index contributed by atoms with van der Waals surface area (Å²) in [5.74, 6) is 0.405. The molecular formula is C16H27N7O4. The van der Waals surface area contributed by atoms with Gasteiger partial charge in [0.25, 0.3) is 0 Å². The highest BCUT2D eigenvalue weighted by Crippen LogP contribution is 2.33. The van der Waals surface area contributed by atoms with Gasteiger partial charge < -0.3 is 25.4 Å². The maximum atomic E-state index is 11.5. The highest BCUT2D eigenvalue weighted by Gasteiger charge is 2.32. The van der Waals surface area contributed by atoms with Gasteiger partial charge in [-0.1, -0.05) is 0 Å². The summed E-state index contributed by atoms with van der Waals surface area (Å²) in [6, 6.07) is 0. The lowest BCUT2D eigenvalue weighted by Crippen LogP contribution is -2.46. The van der Waals surface area contributed by atoms with Crippen molar-refractivity contribution in [2.45, 2.75) is 26.1 Å². The molecule has 1 aromatic rings. The van der Waals surface area contributed by atoms with Gasteiger partial charge in [-0.2, -0.15) is 9.97 Å². The molecule has 2 atom stereocenters. The van der Waals surface area contributed by atoms with Crippen LogP contribution >= 0.6 is 0 Å². The number of nitrogens with one attached hydrogen (secondary N) is 1. The average molecular weight is 381 g/mol. The van der Waals surface area contributed by atoms with Crippen LogP contribution < -0.4 is 16.0 Å². The first-order valence-corrected chi connectivity index (χ1v) is 9.20. The first-order chi connectivity index (χ1) is 12.9. The van der Waals surface area contributed by atoms with Gasteiger partial charge in [-0.15, -0.1) is 0 Å². The Labute approximate surface area is 158 Å². The molecule has 2 saturated heterocycles. The van der Waals surface area contributed by atoms with Crippen molar-refractivity contribution >= 4 is 23.3 Å². The topological polar surface area (TPSA) is 132 Å². The lowest BCUT2D eigenvalue weighted by molar-refractivity contribution is -0.383. The molecule has 0 saturated carbocycles. The Bertz CT molecular complexity index is 658. The number of nitrogen functional groups attached to an aromatic ring is 1. The Morgan fingerprint density at radius 2 is 1.93 bits per heavy atom. The lowest BCUT2D eigenvalue weighted by Gasteiger charge is -2.35. The van der Waals surface area contributed by atoms with Crippen LogP contribution in [-0.4, -0.2) is 84.5 Å². The first kappa shape index (κ1) is 19.5. The van der Waals surface area contributed by atoms with Gasteiger partial charge in [0.2, 0.25) is 17.6 Å². The van der Waals surface area contributed by atoms with E-state index in [2.05, 4.69) is 20.2 Å². The molecule has 11 heteroatoms. The van der Waals surface area contributed by atoms with Crippen LogP contribution in [0, 0.1) is 10.1 Å². The summed E-state index contributed by atoms with van der Waals surface area (Å²) in [6.45, 7) is 9.55. The fraction of sp³-hybridized carbons (Fsp3) is 0.750. The molecule has 27 heavy (non-hydrogen) atoms. The molecule has 0 unspecified atom stereocenters. The third kappa shape index (κ3) is 4.93. The van der Waals surface area contributed by atoms with E-state index in [1.54, 1.807) is 0 Å². The molecule has 0 amide bonds. The second kappa shape index (κ2) is 8.63. The van der Waals surface area contributed by atoms with Gasteiger partial charge in [0.1, 0.15) is 0 Å². The number of nitro groups is 1. The maximum absolute atomic E-state index is 11.5. The number of hydrogen-bond donors (Lipinski definition) is 2. The summed E-state index contributed by atoms with van der Waals surface area (Å²) in [5.41, 5.74) is 5.64. The molecule has 0 radical (unpaired) electrons. The van der Waals surface area contributed by atoms with Crippen LogP contribution in [0.2, 0.25) is 0 Å². The fourth-order valence-corrected chi connectivity index (χ4v) is 3.44. The summed E-state index contributed by atoms with van der Waals surface area (Å²) < 4.78 is 11.0. The number of nitrogens with zero attached hydrogens (tertiary/aromatic N) is 5. The van der Waals surface area contributed by atoms with Gasteiger partial charge in [-0.3, -0.25) is 15.0 Å². The van der Waals surface area contributed by atoms with Crippen molar-refractivity contribution in [3.8, 4) is 0 Å². The number of nitrogens with two attached hydrogens (primary N) is 1. The molecule has 11 nitrogen and oxygen atoms in total. The lowest BCUT2D eigenvalue weighted by atomic mass is 10.2. The first-order valence-electron chi connectivity index (χ1n) is 9.20. The van der Waals surface area contributed by atoms with Gasteiger partial charge in [0, 0.05) is 39.3 Å². The maximum Gasteiger partial charge on any atom is 0.353 e. The van der Waals surface area contributed by atoms with Crippen molar-refractivity contribution in [3.63, 3.8) is 0 Å². The summed E-state index contributed by atoms with van der Waals surface area (Å²) in [5, 5.41) is 14.7.